The summed E-state index contributed by atoms with van der Waals surface area (Å²) in [6, 6.07) is 50.7. The molecule has 0 spiro atoms. The summed E-state index contributed by atoms with van der Waals surface area (Å²) in [6.45, 7) is 0. The SMILES string of the molecule is C1=C(c2cccc(-c3cccc(-c4ccc5c6ccccc6c6nccnc6c5c4)c3)c2)CCC(n2c3ccccc3c3ccccc32)=C1. The Bertz CT molecular complexity index is 2750. The molecule has 3 nitrogen and oxygen atoms in total. The van der Waals surface area contributed by atoms with Crippen LogP contribution >= 0.6 is 0 Å². The van der Waals surface area contributed by atoms with Crippen LogP contribution in [0.25, 0.3) is 87.9 Å². The van der Waals surface area contributed by atoms with E-state index in [1.165, 1.54) is 71.7 Å². The number of allylic oxidation sites excluding steroid dienone is 4. The molecular weight excluding hydrogens is 595 g/mol. The van der Waals surface area contributed by atoms with E-state index in [4.69, 9.17) is 9.97 Å². The van der Waals surface area contributed by atoms with Crippen LogP contribution in [0, 0.1) is 0 Å². The number of fused-ring (bicyclic) bond motifs is 9. The van der Waals surface area contributed by atoms with Crippen molar-refractivity contribution in [2.45, 2.75) is 12.8 Å². The van der Waals surface area contributed by atoms with Gasteiger partial charge in [0.1, 0.15) is 0 Å². The van der Waals surface area contributed by atoms with Crippen molar-refractivity contribution < 1.29 is 0 Å². The third kappa shape index (κ3) is 4.51. The van der Waals surface area contributed by atoms with Gasteiger partial charge in [-0.3, -0.25) is 9.97 Å². The van der Waals surface area contributed by atoms with Crippen molar-refractivity contribution in [2.75, 3.05) is 0 Å². The van der Waals surface area contributed by atoms with E-state index < -0.39 is 0 Å². The molecule has 10 rings (SSSR count). The van der Waals surface area contributed by atoms with E-state index in [2.05, 4.69) is 156 Å². The van der Waals surface area contributed by atoms with Gasteiger partial charge in [0.25, 0.3) is 0 Å². The van der Waals surface area contributed by atoms with E-state index >= 15 is 0 Å². The standard InChI is InChI=1S/C46H31N3/c1-2-16-41-37(13-1)38-24-21-35(29-42(38)46-45(41)47-25-26-48-46)34-12-8-11-33(28-34)32-10-7-9-31(27-32)30-19-22-36(23-20-30)49-43-17-5-3-14-39(43)40-15-4-6-18-44(40)49/h1-19,21-22,24-29H,20,23H2. The van der Waals surface area contributed by atoms with Crippen LogP contribution < -0.4 is 0 Å². The minimum absolute atomic E-state index is 0.943. The fourth-order valence-electron chi connectivity index (χ4n) is 7.87. The van der Waals surface area contributed by atoms with Gasteiger partial charge in [-0.25, -0.2) is 0 Å². The van der Waals surface area contributed by atoms with E-state index in [1.54, 1.807) is 12.4 Å². The Balaban J connectivity index is 1.01. The van der Waals surface area contributed by atoms with Gasteiger partial charge in [-0.1, -0.05) is 115 Å². The number of hydrogen-bond donors (Lipinski definition) is 0. The van der Waals surface area contributed by atoms with E-state index in [0.29, 0.717) is 0 Å². The van der Waals surface area contributed by atoms with E-state index in [1.807, 2.05) is 0 Å². The van der Waals surface area contributed by atoms with E-state index in [-0.39, 0.29) is 0 Å². The van der Waals surface area contributed by atoms with Gasteiger partial charge in [0.2, 0.25) is 0 Å². The molecule has 3 heteroatoms. The summed E-state index contributed by atoms with van der Waals surface area (Å²) in [7, 11) is 0. The zero-order valence-electron chi connectivity index (χ0n) is 26.8. The second-order valence-corrected chi connectivity index (χ2v) is 12.9. The molecule has 0 N–H and O–H groups in total. The Hall–Kier alpha value is -6.32. The van der Waals surface area contributed by atoms with Gasteiger partial charge in [0.15, 0.2) is 0 Å². The van der Waals surface area contributed by atoms with Crippen LogP contribution in [0.5, 0.6) is 0 Å². The topological polar surface area (TPSA) is 30.7 Å². The van der Waals surface area contributed by atoms with Gasteiger partial charge in [0, 0.05) is 39.6 Å². The molecule has 0 fully saturated rings. The van der Waals surface area contributed by atoms with Crippen molar-refractivity contribution in [3.63, 3.8) is 0 Å². The number of benzene rings is 7. The first-order chi connectivity index (χ1) is 24.3. The summed E-state index contributed by atoms with van der Waals surface area (Å²) in [4.78, 5) is 9.52. The highest BCUT2D eigenvalue weighted by molar-refractivity contribution is 6.23. The van der Waals surface area contributed by atoms with Crippen LogP contribution in [0.1, 0.15) is 18.4 Å². The molecule has 0 saturated carbocycles. The number of rotatable bonds is 4. The molecule has 7 aromatic carbocycles. The molecule has 9 aromatic rings. The smallest absolute Gasteiger partial charge is 0.0971 e. The van der Waals surface area contributed by atoms with Crippen molar-refractivity contribution in [1.29, 1.82) is 0 Å². The first-order valence-corrected chi connectivity index (χ1v) is 16.9. The largest absolute Gasteiger partial charge is 0.313 e. The Morgan fingerprint density at radius 3 is 1.57 bits per heavy atom. The van der Waals surface area contributed by atoms with Crippen LogP contribution in [0.2, 0.25) is 0 Å². The molecule has 0 amide bonds. The van der Waals surface area contributed by atoms with Crippen LogP contribution in [-0.2, 0) is 0 Å². The van der Waals surface area contributed by atoms with Gasteiger partial charge in [-0.05, 0) is 93.4 Å². The van der Waals surface area contributed by atoms with Crippen LogP contribution in [-0.4, -0.2) is 14.5 Å². The highest BCUT2D eigenvalue weighted by Crippen LogP contribution is 2.39. The van der Waals surface area contributed by atoms with E-state index in [0.717, 1.165) is 34.6 Å². The average molecular weight is 626 g/mol. The van der Waals surface area contributed by atoms with Gasteiger partial charge in [0.05, 0.1) is 22.1 Å². The molecular formula is C46H31N3. The minimum atomic E-state index is 0.943. The van der Waals surface area contributed by atoms with Crippen LogP contribution in [0.4, 0.5) is 0 Å². The zero-order chi connectivity index (χ0) is 32.3. The lowest BCUT2D eigenvalue weighted by Crippen LogP contribution is -2.01. The summed E-state index contributed by atoms with van der Waals surface area (Å²) < 4.78 is 2.45. The molecule has 0 unspecified atom stereocenters. The molecule has 49 heavy (non-hydrogen) atoms. The third-order valence-electron chi connectivity index (χ3n) is 10.2. The minimum Gasteiger partial charge on any atom is -0.313 e. The normalized spacial score (nSPS) is 13.4. The van der Waals surface area contributed by atoms with Gasteiger partial charge in [-0.15, -0.1) is 0 Å². The lowest BCUT2D eigenvalue weighted by molar-refractivity contribution is 0.992. The predicted molar refractivity (Wildman–Crippen MR) is 206 cm³/mol. The molecule has 2 heterocycles. The first-order valence-electron chi connectivity index (χ1n) is 16.9. The summed E-state index contributed by atoms with van der Waals surface area (Å²) in [6.07, 6.45) is 10.2. The lowest BCUT2D eigenvalue weighted by Gasteiger charge is -2.18. The summed E-state index contributed by atoms with van der Waals surface area (Å²) >= 11 is 0. The fraction of sp³-hybridized carbons (Fsp3) is 0.0435. The molecule has 1 aliphatic rings. The van der Waals surface area contributed by atoms with Crippen LogP contribution in [0.3, 0.4) is 0 Å². The first kappa shape index (κ1) is 27.8. The van der Waals surface area contributed by atoms with Crippen LogP contribution in [0.15, 0.2) is 164 Å². The Morgan fingerprint density at radius 2 is 0.918 bits per heavy atom. The zero-order valence-corrected chi connectivity index (χ0v) is 26.8. The Kier molecular flexibility index (Phi) is 6.31. The quantitative estimate of drug-likeness (QED) is 0.182. The second kappa shape index (κ2) is 11.1. The number of hydrogen-bond acceptors (Lipinski definition) is 2. The fourth-order valence-corrected chi connectivity index (χ4v) is 7.87. The molecule has 2 aromatic heterocycles. The average Bonchev–Trinajstić information content (AvgIpc) is 3.52. The lowest BCUT2D eigenvalue weighted by atomic mass is 9.92. The monoisotopic (exact) mass is 625 g/mol. The molecule has 1 aliphatic carbocycles. The Morgan fingerprint density at radius 1 is 0.388 bits per heavy atom. The molecule has 0 bridgehead atoms. The maximum absolute atomic E-state index is 4.79. The molecule has 0 atom stereocenters. The van der Waals surface area contributed by atoms with Crippen molar-refractivity contribution in [2.24, 2.45) is 0 Å². The summed E-state index contributed by atoms with van der Waals surface area (Å²) in [5.74, 6) is 0. The summed E-state index contributed by atoms with van der Waals surface area (Å²) in [5, 5.41) is 7.29. The molecule has 0 radical (unpaired) electrons. The molecule has 0 saturated heterocycles. The van der Waals surface area contributed by atoms with Crippen molar-refractivity contribution in [1.82, 2.24) is 14.5 Å². The van der Waals surface area contributed by atoms with Crippen molar-refractivity contribution in [3.05, 3.63) is 170 Å². The Labute approximate surface area is 284 Å². The van der Waals surface area contributed by atoms with Gasteiger partial charge in [-0.2, -0.15) is 0 Å². The maximum Gasteiger partial charge on any atom is 0.0971 e. The number of para-hydroxylation sites is 2. The van der Waals surface area contributed by atoms with Gasteiger partial charge >= 0.3 is 0 Å². The second-order valence-electron chi connectivity index (χ2n) is 12.9. The van der Waals surface area contributed by atoms with E-state index in [9.17, 15) is 0 Å². The van der Waals surface area contributed by atoms with Gasteiger partial charge < -0.3 is 4.57 Å². The molecule has 0 aliphatic heterocycles. The highest BCUT2D eigenvalue weighted by Gasteiger charge is 2.17. The third-order valence-corrected chi connectivity index (χ3v) is 10.2. The highest BCUT2D eigenvalue weighted by atomic mass is 15.0. The summed E-state index contributed by atoms with van der Waals surface area (Å²) in [5.41, 5.74) is 13.2. The van der Waals surface area contributed by atoms with Crippen molar-refractivity contribution in [3.8, 4) is 22.3 Å². The number of aromatic nitrogens is 3. The van der Waals surface area contributed by atoms with Crippen molar-refractivity contribution >= 4 is 65.7 Å². The number of nitrogens with zero attached hydrogens (tertiary/aromatic N) is 3. The predicted octanol–water partition coefficient (Wildman–Crippen LogP) is 12.1. The molecule has 230 valence electrons. The maximum atomic E-state index is 4.79.